The minimum absolute atomic E-state index is 0.0668. The first kappa shape index (κ1) is 17.3. The monoisotopic (exact) mass is 305 g/mol. The van der Waals surface area contributed by atoms with Gasteiger partial charge in [-0.3, -0.25) is 4.90 Å². The lowest BCUT2D eigenvalue weighted by Gasteiger charge is -2.16. The zero-order chi connectivity index (χ0) is 16.9. The Kier molecular flexibility index (Phi) is 5.64. The van der Waals surface area contributed by atoms with Crippen LogP contribution >= 0.6 is 0 Å². The molecule has 0 spiro atoms. The van der Waals surface area contributed by atoms with Gasteiger partial charge in [0.1, 0.15) is 0 Å². The summed E-state index contributed by atoms with van der Waals surface area (Å²) in [5.41, 5.74) is 2.75. The number of fused-ring (bicyclic) bond motifs is 1. The summed E-state index contributed by atoms with van der Waals surface area (Å²) in [6.45, 7) is 10.4. The molecule has 120 valence electrons. The Morgan fingerprint density at radius 3 is 2.65 bits per heavy atom. The van der Waals surface area contributed by atoms with E-state index in [1.807, 2.05) is 6.08 Å². The van der Waals surface area contributed by atoms with Crippen LogP contribution in [0.5, 0.6) is 0 Å². The number of hydrogen-bond donors (Lipinski definition) is 0. The summed E-state index contributed by atoms with van der Waals surface area (Å²) < 4.78 is 0. The fourth-order valence-electron chi connectivity index (χ4n) is 2.51. The molecule has 23 heavy (non-hydrogen) atoms. The molecule has 0 radical (unpaired) electrons. The van der Waals surface area contributed by atoms with E-state index in [0.29, 0.717) is 0 Å². The molecule has 0 bridgehead atoms. The zero-order valence-electron chi connectivity index (χ0n) is 15.0. The molecular weight excluding hydrogens is 278 g/mol. The van der Waals surface area contributed by atoms with Gasteiger partial charge in [0.15, 0.2) is 0 Å². The van der Waals surface area contributed by atoms with Crippen LogP contribution in [0.4, 0.5) is 0 Å². The van der Waals surface area contributed by atoms with E-state index >= 15 is 0 Å². The van der Waals surface area contributed by atoms with Gasteiger partial charge < -0.3 is 0 Å². The van der Waals surface area contributed by atoms with Crippen molar-refractivity contribution in [1.29, 1.82) is 0 Å². The van der Waals surface area contributed by atoms with E-state index in [9.17, 15) is 0 Å². The molecule has 0 aliphatic rings. The van der Waals surface area contributed by atoms with Gasteiger partial charge in [-0.2, -0.15) is 0 Å². The van der Waals surface area contributed by atoms with Crippen LogP contribution in [-0.4, -0.2) is 18.5 Å². The van der Waals surface area contributed by atoms with Gasteiger partial charge in [-0.1, -0.05) is 59.9 Å². The van der Waals surface area contributed by atoms with Crippen molar-refractivity contribution in [2.45, 2.75) is 34.2 Å². The highest BCUT2D eigenvalue weighted by Gasteiger charge is 2.04. The fourth-order valence-corrected chi connectivity index (χ4v) is 2.51. The van der Waals surface area contributed by atoms with Crippen molar-refractivity contribution < 1.29 is 0 Å². The third-order valence-electron chi connectivity index (χ3n) is 3.63. The molecule has 1 heteroatoms. The Morgan fingerprint density at radius 1 is 1.13 bits per heavy atom. The van der Waals surface area contributed by atoms with E-state index in [0.717, 1.165) is 13.1 Å². The number of rotatable bonds is 4. The molecular formula is C22H27N. The topological polar surface area (TPSA) is 3.24 Å². The SMILES string of the molecule is Cc1ccc2c(CN(C)C/C=C/C#CC(C)(C)C)cccc2c1. The first-order valence-corrected chi connectivity index (χ1v) is 8.20. The molecule has 0 amide bonds. The smallest absolute Gasteiger partial charge is 0.0240 e. The molecule has 0 fully saturated rings. The maximum absolute atomic E-state index is 3.22. The van der Waals surface area contributed by atoms with E-state index in [1.165, 1.54) is 21.9 Å². The van der Waals surface area contributed by atoms with Crippen LogP contribution in [0.2, 0.25) is 0 Å². The molecule has 1 nitrogen and oxygen atoms in total. The summed E-state index contributed by atoms with van der Waals surface area (Å²) in [5.74, 6) is 6.34. The maximum atomic E-state index is 3.22. The molecule has 0 aromatic heterocycles. The predicted molar refractivity (Wildman–Crippen MR) is 101 cm³/mol. The molecule has 0 N–H and O–H groups in total. The highest BCUT2D eigenvalue weighted by atomic mass is 15.1. The van der Waals surface area contributed by atoms with Crippen molar-refractivity contribution in [2.75, 3.05) is 13.6 Å². The lowest BCUT2D eigenvalue weighted by molar-refractivity contribution is 0.365. The Bertz CT molecular complexity index is 751. The van der Waals surface area contributed by atoms with Crippen LogP contribution in [0.3, 0.4) is 0 Å². The van der Waals surface area contributed by atoms with Gasteiger partial charge in [0, 0.05) is 18.5 Å². The number of aryl methyl sites for hydroxylation is 1. The highest BCUT2D eigenvalue weighted by molar-refractivity contribution is 5.86. The Labute approximate surface area is 141 Å². The average molecular weight is 305 g/mol. The Hall–Kier alpha value is -2.04. The summed E-state index contributed by atoms with van der Waals surface area (Å²) in [7, 11) is 2.15. The summed E-state index contributed by atoms with van der Waals surface area (Å²) in [5, 5.41) is 2.67. The van der Waals surface area contributed by atoms with Gasteiger partial charge in [0.2, 0.25) is 0 Å². The predicted octanol–water partition coefficient (Wildman–Crippen LogP) is 5.19. The van der Waals surface area contributed by atoms with Gasteiger partial charge >= 0.3 is 0 Å². The van der Waals surface area contributed by atoms with E-state index in [-0.39, 0.29) is 5.41 Å². The first-order chi connectivity index (χ1) is 10.8. The van der Waals surface area contributed by atoms with Crippen molar-refractivity contribution in [1.82, 2.24) is 4.90 Å². The second kappa shape index (κ2) is 7.49. The third-order valence-corrected chi connectivity index (χ3v) is 3.63. The highest BCUT2D eigenvalue weighted by Crippen LogP contribution is 2.21. The summed E-state index contributed by atoms with van der Waals surface area (Å²) in [4.78, 5) is 2.31. The molecule has 0 aliphatic carbocycles. The summed E-state index contributed by atoms with van der Waals surface area (Å²) >= 11 is 0. The van der Waals surface area contributed by atoms with Crippen LogP contribution in [0.25, 0.3) is 10.8 Å². The molecule has 2 aromatic rings. The van der Waals surface area contributed by atoms with E-state index in [1.54, 1.807) is 0 Å². The molecule has 0 saturated heterocycles. The lowest BCUT2D eigenvalue weighted by atomic mass is 9.98. The normalized spacial score (nSPS) is 11.9. The van der Waals surface area contributed by atoms with E-state index < -0.39 is 0 Å². The maximum Gasteiger partial charge on any atom is 0.0240 e. The third kappa shape index (κ3) is 5.58. The zero-order valence-corrected chi connectivity index (χ0v) is 15.0. The quantitative estimate of drug-likeness (QED) is 0.703. The van der Waals surface area contributed by atoms with Gasteiger partial charge in [-0.25, -0.2) is 0 Å². The first-order valence-electron chi connectivity index (χ1n) is 8.20. The van der Waals surface area contributed by atoms with Crippen LogP contribution in [0.1, 0.15) is 31.9 Å². The van der Waals surface area contributed by atoms with Gasteiger partial charge in [0.05, 0.1) is 0 Å². The second-order valence-electron chi connectivity index (χ2n) is 7.26. The largest absolute Gasteiger partial charge is 0.298 e. The number of hydrogen-bond acceptors (Lipinski definition) is 1. The standard InChI is InChI=1S/C22H27N/c1-18-12-13-21-19(16-18)10-9-11-20(21)17-23(5)15-8-6-7-14-22(2,3)4/h6,8-13,16H,15,17H2,1-5H3/b8-6+. The van der Waals surface area contributed by atoms with Crippen LogP contribution in [0.15, 0.2) is 48.6 Å². The molecule has 2 rings (SSSR count). The minimum atomic E-state index is 0.0668. The minimum Gasteiger partial charge on any atom is -0.298 e. The molecule has 0 heterocycles. The Morgan fingerprint density at radius 2 is 1.91 bits per heavy atom. The van der Waals surface area contributed by atoms with Crippen molar-refractivity contribution >= 4 is 10.8 Å². The van der Waals surface area contributed by atoms with E-state index in [2.05, 4.69) is 94.0 Å². The number of likely N-dealkylation sites (N-methyl/N-ethyl adjacent to an activating group) is 1. The van der Waals surface area contributed by atoms with Crippen molar-refractivity contribution in [3.63, 3.8) is 0 Å². The van der Waals surface area contributed by atoms with Crippen molar-refractivity contribution in [3.8, 4) is 11.8 Å². The molecule has 0 unspecified atom stereocenters. The van der Waals surface area contributed by atoms with Gasteiger partial charge in [-0.05, 0) is 57.2 Å². The molecule has 0 atom stereocenters. The van der Waals surface area contributed by atoms with E-state index in [4.69, 9.17) is 0 Å². The lowest BCUT2D eigenvalue weighted by Crippen LogP contribution is -2.17. The Balaban J connectivity index is 2.02. The number of nitrogens with zero attached hydrogens (tertiary/aromatic N) is 1. The average Bonchev–Trinajstić information content (AvgIpc) is 2.45. The van der Waals surface area contributed by atoms with Gasteiger partial charge in [0.25, 0.3) is 0 Å². The van der Waals surface area contributed by atoms with Crippen molar-refractivity contribution in [2.24, 2.45) is 5.41 Å². The molecule has 0 aliphatic heterocycles. The molecule has 0 saturated carbocycles. The summed E-state index contributed by atoms with van der Waals surface area (Å²) in [6, 6.07) is 13.2. The van der Waals surface area contributed by atoms with Crippen molar-refractivity contribution in [3.05, 3.63) is 59.7 Å². The number of benzene rings is 2. The van der Waals surface area contributed by atoms with Crippen LogP contribution in [-0.2, 0) is 6.54 Å². The number of allylic oxidation sites excluding steroid dienone is 1. The van der Waals surface area contributed by atoms with Gasteiger partial charge in [-0.15, -0.1) is 0 Å². The van der Waals surface area contributed by atoms with Crippen LogP contribution in [0, 0.1) is 24.2 Å². The van der Waals surface area contributed by atoms with Crippen LogP contribution < -0.4 is 0 Å². The fraction of sp³-hybridized carbons (Fsp3) is 0.364. The second-order valence-corrected chi connectivity index (χ2v) is 7.26. The summed E-state index contributed by atoms with van der Waals surface area (Å²) in [6.07, 6.45) is 4.10. The molecule has 2 aromatic carbocycles.